The minimum atomic E-state index is -0.278. The molecule has 0 spiro atoms. The fourth-order valence-electron chi connectivity index (χ4n) is 3.47. The molecular formula is C23H23N3O3S. The smallest absolute Gasteiger partial charge is 0.257 e. The largest absolute Gasteiger partial charge is 0.497 e. The van der Waals surface area contributed by atoms with Crippen molar-refractivity contribution in [1.29, 1.82) is 0 Å². The van der Waals surface area contributed by atoms with E-state index in [-0.39, 0.29) is 17.7 Å². The summed E-state index contributed by atoms with van der Waals surface area (Å²) in [4.78, 5) is 30.8. The number of hydrogen-bond donors (Lipinski definition) is 2. The Morgan fingerprint density at radius 2 is 1.87 bits per heavy atom. The molecule has 7 heteroatoms. The van der Waals surface area contributed by atoms with E-state index < -0.39 is 0 Å². The van der Waals surface area contributed by atoms with E-state index in [1.807, 2.05) is 43.3 Å². The van der Waals surface area contributed by atoms with E-state index in [0.717, 1.165) is 40.3 Å². The fourth-order valence-corrected chi connectivity index (χ4v) is 4.50. The number of carbonyl (C=O) groups excluding carboxylic acids is 2. The normalized spacial score (nSPS) is 14.8. The van der Waals surface area contributed by atoms with Gasteiger partial charge in [0, 0.05) is 17.0 Å². The lowest BCUT2D eigenvalue weighted by atomic mass is 10.1. The molecule has 1 atom stereocenters. The average molecular weight is 422 g/mol. The van der Waals surface area contributed by atoms with Crippen molar-refractivity contribution in [3.63, 3.8) is 0 Å². The van der Waals surface area contributed by atoms with Crippen molar-refractivity contribution in [1.82, 2.24) is 10.3 Å². The van der Waals surface area contributed by atoms with Crippen LogP contribution in [0.4, 0.5) is 5.13 Å². The molecule has 2 N–H and O–H groups in total. The Hall–Kier alpha value is -3.19. The van der Waals surface area contributed by atoms with Crippen molar-refractivity contribution in [2.75, 3.05) is 12.4 Å². The van der Waals surface area contributed by atoms with Crippen LogP contribution in [0.2, 0.25) is 0 Å². The number of anilines is 1. The summed E-state index contributed by atoms with van der Waals surface area (Å²) in [5.74, 6) is 0.280. The van der Waals surface area contributed by atoms with Gasteiger partial charge in [-0.05, 0) is 49.6 Å². The number of carbonyl (C=O) groups is 2. The van der Waals surface area contributed by atoms with E-state index in [4.69, 9.17) is 4.74 Å². The molecule has 1 unspecified atom stereocenters. The summed E-state index contributed by atoms with van der Waals surface area (Å²) in [7, 11) is 1.62. The summed E-state index contributed by atoms with van der Waals surface area (Å²) in [5.41, 5.74) is 3.48. The predicted octanol–water partition coefficient (Wildman–Crippen LogP) is 4.06. The molecule has 1 aliphatic carbocycles. The van der Waals surface area contributed by atoms with Gasteiger partial charge in [-0.25, -0.2) is 4.98 Å². The zero-order valence-corrected chi connectivity index (χ0v) is 17.7. The van der Waals surface area contributed by atoms with Crippen LogP contribution in [0.15, 0.2) is 48.5 Å². The molecule has 1 aliphatic rings. The minimum Gasteiger partial charge on any atom is -0.497 e. The number of rotatable bonds is 6. The summed E-state index contributed by atoms with van der Waals surface area (Å²) >= 11 is 1.45. The number of nitrogens with one attached hydrogen (secondary N) is 2. The minimum absolute atomic E-state index is 0.0359. The summed E-state index contributed by atoms with van der Waals surface area (Å²) in [5, 5.41) is 6.40. The maximum absolute atomic E-state index is 12.7. The van der Waals surface area contributed by atoms with Gasteiger partial charge in [0.2, 0.25) is 5.91 Å². The van der Waals surface area contributed by atoms with Crippen LogP contribution in [-0.4, -0.2) is 23.9 Å². The van der Waals surface area contributed by atoms with Crippen molar-refractivity contribution < 1.29 is 14.3 Å². The molecule has 0 aliphatic heterocycles. The lowest BCUT2D eigenvalue weighted by molar-refractivity contribution is -0.122. The second-order valence-corrected chi connectivity index (χ2v) is 8.39. The molecule has 0 bridgehead atoms. The van der Waals surface area contributed by atoms with Gasteiger partial charge < -0.3 is 10.1 Å². The van der Waals surface area contributed by atoms with Gasteiger partial charge in [-0.1, -0.05) is 29.8 Å². The zero-order valence-electron chi connectivity index (χ0n) is 16.9. The first-order valence-electron chi connectivity index (χ1n) is 9.82. The van der Waals surface area contributed by atoms with Gasteiger partial charge in [-0.15, -0.1) is 11.3 Å². The number of aromatic nitrogens is 1. The SMILES string of the molecule is COc1ccc(CNC(=O)C2CCc3sc(NC(=O)c4ccc(C)cc4)nc32)cc1. The Bertz CT molecular complexity index is 1060. The summed E-state index contributed by atoms with van der Waals surface area (Å²) < 4.78 is 5.15. The highest BCUT2D eigenvalue weighted by molar-refractivity contribution is 7.16. The number of thiazole rings is 1. The lowest BCUT2D eigenvalue weighted by Crippen LogP contribution is -2.28. The van der Waals surface area contributed by atoms with E-state index in [0.29, 0.717) is 17.2 Å². The van der Waals surface area contributed by atoms with Crippen LogP contribution in [0.25, 0.3) is 0 Å². The molecule has 3 aromatic rings. The fraction of sp³-hybridized carbons (Fsp3) is 0.261. The molecule has 0 fully saturated rings. The summed E-state index contributed by atoms with van der Waals surface area (Å²) in [6.45, 7) is 2.43. The third-order valence-corrected chi connectivity index (χ3v) is 6.24. The number of amides is 2. The van der Waals surface area contributed by atoms with Crippen molar-refractivity contribution in [2.45, 2.75) is 32.2 Å². The third kappa shape index (κ3) is 4.36. The van der Waals surface area contributed by atoms with Crippen molar-refractivity contribution >= 4 is 28.3 Å². The Labute approximate surface area is 179 Å². The Kier molecular flexibility index (Phi) is 5.81. The van der Waals surface area contributed by atoms with Crippen LogP contribution < -0.4 is 15.4 Å². The maximum atomic E-state index is 12.7. The molecular weight excluding hydrogens is 398 g/mol. The van der Waals surface area contributed by atoms with Gasteiger partial charge in [-0.3, -0.25) is 14.9 Å². The quantitative estimate of drug-likeness (QED) is 0.629. The van der Waals surface area contributed by atoms with Gasteiger partial charge in [0.1, 0.15) is 5.75 Å². The van der Waals surface area contributed by atoms with Crippen molar-refractivity contribution in [3.8, 4) is 5.75 Å². The molecule has 0 radical (unpaired) electrons. The molecule has 1 heterocycles. The number of methoxy groups -OCH3 is 1. The van der Waals surface area contributed by atoms with Gasteiger partial charge in [0.15, 0.2) is 5.13 Å². The highest BCUT2D eigenvalue weighted by atomic mass is 32.1. The first-order valence-corrected chi connectivity index (χ1v) is 10.6. The monoisotopic (exact) mass is 421 g/mol. The van der Waals surface area contributed by atoms with Crippen molar-refractivity contribution in [2.24, 2.45) is 0 Å². The Balaban J connectivity index is 1.38. The van der Waals surface area contributed by atoms with E-state index in [9.17, 15) is 9.59 Å². The molecule has 2 aromatic carbocycles. The number of ether oxygens (including phenoxy) is 1. The van der Waals surface area contributed by atoms with E-state index in [1.165, 1.54) is 11.3 Å². The first-order chi connectivity index (χ1) is 14.5. The molecule has 0 saturated heterocycles. The number of benzene rings is 2. The van der Waals surface area contributed by atoms with E-state index in [1.54, 1.807) is 19.2 Å². The molecule has 154 valence electrons. The highest BCUT2D eigenvalue weighted by Crippen LogP contribution is 2.38. The summed E-state index contributed by atoms with van der Waals surface area (Å²) in [6, 6.07) is 15.0. The maximum Gasteiger partial charge on any atom is 0.257 e. The van der Waals surface area contributed by atoms with Gasteiger partial charge in [0.25, 0.3) is 5.91 Å². The molecule has 2 amide bonds. The third-order valence-electron chi connectivity index (χ3n) is 5.19. The van der Waals surface area contributed by atoms with Gasteiger partial charge >= 0.3 is 0 Å². The molecule has 6 nitrogen and oxygen atoms in total. The summed E-state index contributed by atoms with van der Waals surface area (Å²) in [6.07, 6.45) is 1.54. The number of fused-ring (bicyclic) bond motifs is 1. The number of nitrogens with zero attached hydrogens (tertiary/aromatic N) is 1. The van der Waals surface area contributed by atoms with Crippen LogP contribution in [0, 0.1) is 6.92 Å². The molecule has 1 aromatic heterocycles. The van der Waals surface area contributed by atoms with Crippen LogP contribution in [0.5, 0.6) is 5.75 Å². The standard InChI is InChI=1S/C23H23N3O3S/c1-14-3-7-16(8-4-14)21(27)26-23-25-20-18(11-12-19(20)30-23)22(28)24-13-15-5-9-17(29-2)10-6-15/h3-10,18H,11-13H2,1-2H3,(H,24,28)(H,25,26,27). The van der Waals surface area contributed by atoms with Crippen LogP contribution >= 0.6 is 11.3 Å². The Morgan fingerprint density at radius 1 is 1.13 bits per heavy atom. The lowest BCUT2D eigenvalue weighted by Gasteiger charge is -2.11. The topological polar surface area (TPSA) is 80.3 Å². The first kappa shape index (κ1) is 20.1. The molecule has 0 saturated carbocycles. The van der Waals surface area contributed by atoms with Crippen LogP contribution in [0.1, 0.15) is 44.4 Å². The van der Waals surface area contributed by atoms with Crippen molar-refractivity contribution in [3.05, 3.63) is 75.8 Å². The molecule has 4 rings (SSSR count). The average Bonchev–Trinajstić information content (AvgIpc) is 3.33. The van der Waals surface area contributed by atoms with Gasteiger partial charge in [0.05, 0.1) is 18.7 Å². The molecule has 30 heavy (non-hydrogen) atoms. The highest BCUT2D eigenvalue weighted by Gasteiger charge is 2.32. The van der Waals surface area contributed by atoms with E-state index in [2.05, 4.69) is 15.6 Å². The Morgan fingerprint density at radius 3 is 2.57 bits per heavy atom. The zero-order chi connectivity index (χ0) is 21.1. The van der Waals surface area contributed by atoms with Gasteiger partial charge in [-0.2, -0.15) is 0 Å². The second-order valence-electron chi connectivity index (χ2n) is 7.30. The van der Waals surface area contributed by atoms with Crippen LogP contribution in [-0.2, 0) is 17.8 Å². The van der Waals surface area contributed by atoms with E-state index >= 15 is 0 Å². The number of hydrogen-bond acceptors (Lipinski definition) is 5. The predicted molar refractivity (Wildman–Crippen MR) is 117 cm³/mol. The van der Waals surface area contributed by atoms with Crippen LogP contribution in [0.3, 0.4) is 0 Å². The second kappa shape index (κ2) is 8.67. The number of aryl methyl sites for hydroxylation is 2.